The molecule has 5 nitrogen and oxygen atoms in total. The van der Waals surface area contributed by atoms with Crippen molar-refractivity contribution in [3.05, 3.63) is 23.0 Å². The molecule has 0 amide bonds. The second-order valence-corrected chi connectivity index (χ2v) is 10.1. The van der Waals surface area contributed by atoms with Crippen LogP contribution in [0.4, 0.5) is 4.39 Å². The normalized spacial score (nSPS) is 18.6. The van der Waals surface area contributed by atoms with E-state index in [4.69, 9.17) is 20.8 Å². The van der Waals surface area contributed by atoms with Crippen LogP contribution in [-0.2, 0) is 20.0 Å². The zero-order chi connectivity index (χ0) is 18.5. The van der Waals surface area contributed by atoms with Gasteiger partial charge in [-0.3, -0.25) is 0 Å². The number of alkyl halides is 1. The average molecular weight is 390 g/mol. The number of nitrogens with zero attached hydrogens (tertiary/aromatic N) is 1. The van der Waals surface area contributed by atoms with E-state index in [2.05, 4.69) is 4.98 Å². The van der Waals surface area contributed by atoms with Crippen molar-refractivity contribution < 1.29 is 22.0 Å². The molecule has 1 saturated heterocycles. The first kappa shape index (κ1) is 18.6. The Hall–Kier alpha value is -1.18. The van der Waals surface area contributed by atoms with Crippen LogP contribution in [0.1, 0.15) is 39.5 Å². The molecule has 0 atom stereocenters. The minimum atomic E-state index is -4.08. The van der Waals surface area contributed by atoms with Crippen LogP contribution in [0.25, 0.3) is 11.1 Å². The van der Waals surface area contributed by atoms with Crippen LogP contribution in [0.15, 0.2) is 21.4 Å². The summed E-state index contributed by atoms with van der Waals surface area (Å²) in [6.45, 7) is 5.13. The summed E-state index contributed by atoms with van der Waals surface area (Å²) >= 11 is 6.23. The lowest BCUT2D eigenvalue weighted by atomic mass is 9.97. The van der Waals surface area contributed by atoms with E-state index in [0.717, 1.165) is 0 Å². The molecule has 0 aliphatic carbocycles. The minimum absolute atomic E-state index is 0.0171. The molecule has 1 fully saturated rings. The zero-order valence-corrected chi connectivity index (χ0v) is 16.0. The Kier molecular flexibility index (Phi) is 4.62. The standard InChI is InChI=1S/C17H21ClFNO4S/c1-16(2,3)15-20-12-5-4-11(18)14(13(12)24-15)25(21,22)17(10-19)6-8-23-9-7-17/h4-5H,6-10H2,1-3H3. The first-order valence-electron chi connectivity index (χ1n) is 8.10. The van der Waals surface area contributed by atoms with Gasteiger partial charge < -0.3 is 9.15 Å². The summed E-state index contributed by atoms with van der Waals surface area (Å²) in [5.41, 5.74) is 0.0916. The molecule has 0 spiro atoms. The Bertz CT molecular complexity index is 895. The maximum absolute atomic E-state index is 13.9. The number of hydrogen-bond donors (Lipinski definition) is 0. The second-order valence-electron chi connectivity index (χ2n) is 7.43. The Morgan fingerprint density at radius 1 is 1.28 bits per heavy atom. The third kappa shape index (κ3) is 2.96. The number of sulfone groups is 1. The van der Waals surface area contributed by atoms with Crippen LogP contribution in [0.3, 0.4) is 0 Å². The molecule has 138 valence electrons. The van der Waals surface area contributed by atoms with Crippen molar-refractivity contribution in [1.82, 2.24) is 4.98 Å². The Morgan fingerprint density at radius 2 is 1.92 bits per heavy atom. The van der Waals surface area contributed by atoms with E-state index in [0.29, 0.717) is 11.4 Å². The molecule has 0 unspecified atom stereocenters. The molecular weight excluding hydrogens is 369 g/mol. The highest BCUT2D eigenvalue weighted by atomic mass is 35.5. The summed E-state index contributed by atoms with van der Waals surface area (Å²) in [6.07, 6.45) is 0.164. The van der Waals surface area contributed by atoms with E-state index < -0.39 is 26.7 Å². The quantitative estimate of drug-likeness (QED) is 0.791. The SMILES string of the molecule is CC(C)(C)c1nc2ccc(Cl)c(S(=O)(=O)C3(CF)CCOCC3)c2o1. The van der Waals surface area contributed by atoms with Crippen LogP contribution in [-0.4, -0.2) is 38.0 Å². The maximum Gasteiger partial charge on any atom is 0.200 e. The smallest absolute Gasteiger partial charge is 0.200 e. The number of ether oxygens (including phenoxy) is 1. The predicted molar refractivity (Wildman–Crippen MR) is 93.7 cm³/mol. The molecule has 1 aromatic heterocycles. The van der Waals surface area contributed by atoms with Gasteiger partial charge in [-0.15, -0.1) is 0 Å². The summed E-state index contributed by atoms with van der Waals surface area (Å²) in [4.78, 5) is 4.21. The molecule has 1 aliphatic heterocycles. The average Bonchev–Trinajstić information content (AvgIpc) is 2.99. The lowest BCUT2D eigenvalue weighted by molar-refractivity contribution is 0.0675. The Labute approximate surface area is 151 Å². The van der Waals surface area contributed by atoms with Crippen molar-refractivity contribution in [2.75, 3.05) is 19.9 Å². The monoisotopic (exact) mass is 389 g/mol. The van der Waals surface area contributed by atoms with Crippen molar-refractivity contribution in [3.8, 4) is 0 Å². The topological polar surface area (TPSA) is 69.4 Å². The van der Waals surface area contributed by atoms with Crippen molar-refractivity contribution in [2.45, 2.75) is 48.7 Å². The van der Waals surface area contributed by atoms with E-state index in [1.807, 2.05) is 20.8 Å². The molecular formula is C17H21ClFNO4S. The van der Waals surface area contributed by atoms with Gasteiger partial charge in [0.2, 0.25) is 5.89 Å². The number of oxazole rings is 1. The van der Waals surface area contributed by atoms with Gasteiger partial charge >= 0.3 is 0 Å². The molecule has 2 aromatic rings. The van der Waals surface area contributed by atoms with Crippen molar-refractivity contribution in [3.63, 3.8) is 0 Å². The van der Waals surface area contributed by atoms with E-state index in [1.54, 1.807) is 6.07 Å². The molecule has 0 saturated carbocycles. The third-order valence-corrected chi connectivity index (χ3v) is 7.62. The lowest BCUT2D eigenvalue weighted by Gasteiger charge is -2.34. The van der Waals surface area contributed by atoms with Gasteiger partial charge in [0.25, 0.3) is 0 Å². The zero-order valence-electron chi connectivity index (χ0n) is 14.4. The van der Waals surface area contributed by atoms with E-state index in [-0.39, 0.29) is 41.6 Å². The molecule has 0 N–H and O–H groups in total. The first-order chi connectivity index (χ1) is 11.6. The summed E-state index contributed by atoms with van der Waals surface area (Å²) in [5, 5.41) is 0.0171. The third-order valence-electron chi connectivity index (χ3n) is 4.59. The van der Waals surface area contributed by atoms with Gasteiger partial charge in [-0.1, -0.05) is 32.4 Å². The fourth-order valence-electron chi connectivity index (χ4n) is 2.95. The number of aromatic nitrogens is 1. The van der Waals surface area contributed by atoms with Crippen LogP contribution in [0.2, 0.25) is 5.02 Å². The predicted octanol–water partition coefficient (Wildman–Crippen LogP) is 4.07. The van der Waals surface area contributed by atoms with E-state index in [9.17, 15) is 12.8 Å². The summed E-state index contributed by atoms with van der Waals surface area (Å²) in [7, 11) is -4.08. The number of fused-ring (bicyclic) bond motifs is 1. The van der Waals surface area contributed by atoms with Crippen LogP contribution >= 0.6 is 11.6 Å². The number of rotatable bonds is 3. The molecule has 0 radical (unpaired) electrons. The van der Waals surface area contributed by atoms with Crippen molar-refractivity contribution in [2.24, 2.45) is 0 Å². The molecule has 1 aliphatic rings. The fraction of sp³-hybridized carbons (Fsp3) is 0.588. The largest absolute Gasteiger partial charge is 0.439 e. The van der Waals surface area contributed by atoms with Gasteiger partial charge in [0.1, 0.15) is 21.8 Å². The van der Waals surface area contributed by atoms with Gasteiger partial charge in [-0.25, -0.2) is 17.8 Å². The van der Waals surface area contributed by atoms with Crippen LogP contribution in [0, 0.1) is 0 Å². The Balaban J connectivity index is 2.26. The molecule has 0 bridgehead atoms. The highest BCUT2D eigenvalue weighted by Crippen LogP contribution is 2.42. The van der Waals surface area contributed by atoms with Gasteiger partial charge in [0.05, 0.1) is 5.02 Å². The molecule has 2 heterocycles. The van der Waals surface area contributed by atoms with Gasteiger partial charge in [-0.05, 0) is 25.0 Å². The van der Waals surface area contributed by atoms with Gasteiger partial charge in [0.15, 0.2) is 15.4 Å². The Morgan fingerprint density at radius 3 is 2.48 bits per heavy atom. The number of hydrogen-bond acceptors (Lipinski definition) is 5. The minimum Gasteiger partial charge on any atom is -0.439 e. The van der Waals surface area contributed by atoms with Crippen molar-refractivity contribution in [1.29, 1.82) is 0 Å². The lowest BCUT2D eigenvalue weighted by Crippen LogP contribution is -2.46. The highest BCUT2D eigenvalue weighted by molar-refractivity contribution is 7.93. The fourth-order valence-corrected chi connectivity index (χ4v) is 5.40. The molecule has 8 heteroatoms. The summed E-state index contributed by atoms with van der Waals surface area (Å²) in [6, 6.07) is 3.08. The number of benzene rings is 1. The van der Waals surface area contributed by atoms with Crippen LogP contribution < -0.4 is 0 Å². The molecule has 25 heavy (non-hydrogen) atoms. The summed E-state index contributed by atoms with van der Waals surface area (Å²) in [5.74, 6) is 0.405. The highest BCUT2D eigenvalue weighted by Gasteiger charge is 2.48. The maximum atomic E-state index is 13.9. The number of halogens is 2. The second kappa shape index (κ2) is 6.21. The van der Waals surface area contributed by atoms with Crippen LogP contribution in [0.5, 0.6) is 0 Å². The van der Waals surface area contributed by atoms with Crippen molar-refractivity contribution >= 4 is 32.5 Å². The molecule has 1 aromatic carbocycles. The van der Waals surface area contributed by atoms with E-state index >= 15 is 0 Å². The summed E-state index contributed by atoms with van der Waals surface area (Å²) < 4.78 is 50.1. The molecule has 3 rings (SSSR count). The van der Waals surface area contributed by atoms with E-state index in [1.165, 1.54) is 6.07 Å². The first-order valence-corrected chi connectivity index (χ1v) is 9.96. The van der Waals surface area contributed by atoms with Gasteiger partial charge in [-0.2, -0.15) is 0 Å². The van der Waals surface area contributed by atoms with Gasteiger partial charge in [0, 0.05) is 18.6 Å².